The van der Waals surface area contributed by atoms with Crippen LogP contribution < -0.4 is 0 Å². The molecule has 0 aliphatic heterocycles. The van der Waals surface area contributed by atoms with Crippen molar-refractivity contribution in [3.8, 4) is 56.4 Å². The molecule has 47 heavy (non-hydrogen) atoms. The van der Waals surface area contributed by atoms with Gasteiger partial charge in [0.2, 0.25) is 0 Å². The highest BCUT2D eigenvalue weighted by Gasteiger charge is 2.18. The van der Waals surface area contributed by atoms with Crippen LogP contribution in [0.2, 0.25) is 0 Å². The lowest BCUT2D eigenvalue weighted by molar-refractivity contribution is 0.669. The molecule has 220 valence electrons. The van der Waals surface area contributed by atoms with Crippen LogP contribution in [-0.2, 0) is 0 Å². The fourth-order valence-corrected chi connectivity index (χ4v) is 6.46. The Morgan fingerprint density at radius 3 is 1.79 bits per heavy atom. The van der Waals surface area contributed by atoms with Gasteiger partial charge in [-0.1, -0.05) is 146 Å². The first-order valence-electron chi connectivity index (χ1n) is 15.7. The van der Waals surface area contributed by atoms with E-state index < -0.39 is 0 Å². The highest BCUT2D eigenvalue weighted by Crippen LogP contribution is 2.37. The summed E-state index contributed by atoms with van der Waals surface area (Å²) in [6.45, 7) is 0. The summed E-state index contributed by atoms with van der Waals surface area (Å²) in [4.78, 5) is 15.3. The predicted molar refractivity (Wildman–Crippen MR) is 192 cm³/mol. The molecule has 0 radical (unpaired) electrons. The van der Waals surface area contributed by atoms with Gasteiger partial charge in [0.15, 0.2) is 17.5 Å². The number of para-hydroxylation sites is 1. The van der Waals surface area contributed by atoms with Crippen LogP contribution in [0.4, 0.5) is 0 Å². The van der Waals surface area contributed by atoms with E-state index in [0.717, 1.165) is 55.3 Å². The molecule has 0 unspecified atom stereocenters. The molecular formula is C43H27N3O. The molecule has 0 N–H and O–H groups in total. The maximum absolute atomic E-state index is 6.22. The fraction of sp³-hybridized carbons (Fsp3) is 0. The van der Waals surface area contributed by atoms with E-state index in [2.05, 4.69) is 127 Å². The summed E-state index contributed by atoms with van der Waals surface area (Å²) in [5.74, 6) is 1.83. The van der Waals surface area contributed by atoms with Gasteiger partial charge in [-0.25, -0.2) is 15.0 Å². The van der Waals surface area contributed by atoms with E-state index in [1.165, 1.54) is 16.3 Å². The summed E-state index contributed by atoms with van der Waals surface area (Å²) < 4.78 is 6.22. The van der Waals surface area contributed by atoms with Crippen LogP contribution in [0, 0.1) is 0 Å². The van der Waals surface area contributed by atoms with Crippen molar-refractivity contribution < 1.29 is 4.42 Å². The van der Waals surface area contributed by atoms with Gasteiger partial charge in [-0.05, 0) is 51.2 Å². The molecule has 0 fully saturated rings. The second-order valence-corrected chi connectivity index (χ2v) is 11.6. The van der Waals surface area contributed by atoms with Crippen molar-refractivity contribution in [3.63, 3.8) is 0 Å². The minimum Gasteiger partial charge on any atom is -0.456 e. The van der Waals surface area contributed by atoms with Crippen molar-refractivity contribution >= 4 is 32.7 Å². The van der Waals surface area contributed by atoms with Crippen LogP contribution in [-0.4, -0.2) is 15.0 Å². The van der Waals surface area contributed by atoms with Gasteiger partial charge in [-0.3, -0.25) is 0 Å². The number of hydrogen-bond donors (Lipinski definition) is 0. The number of hydrogen-bond acceptors (Lipinski definition) is 4. The van der Waals surface area contributed by atoms with E-state index in [4.69, 9.17) is 19.4 Å². The zero-order valence-electron chi connectivity index (χ0n) is 25.3. The number of aromatic nitrogens is 3. The molecule has 0 amide bonds. The molecule has 4 heteroatoms. The molecule has 0 atom stereocenters. The van der Waals surface area contributed by atoms with Gasteiger partial charge in [-0.2, -0.15) is 0 Å². The maximum Gasteiger partial charge on any atom is 0.164 e. The summed E-state index contributed by atoms with van der Waals surface area (Å²) in [6, 6.07) is 56.4. The third-order valence-corrected chi connectivity index (χ3v) is 8.75. The van der Waals surface area contributed by atoms with Gasteiger partial charge in [-0.15, -0.1) is 0 Å². The summed E-state index contributed by atoms with van der Waals surface area (Å²) in [7, 11) is 0. The summed E-state index contributed by atoms with van der Waals surface area (Å²) in [5.41, 5.74) is 8.98. The monoisotopic (exact) mass is 601 g/mol. The maximum atomic E-state index is 6.22. The van der Waals surface area contributed by atoms with Gasteiger partial charge in [0.05, 0.1) is 0 Å². The first kappa shape index (κ1) is 27.0. The average Bonchev–Trinajstić information content (AvgIpc) is 3.54. The predicted octanol–water partition coefficient (Wildman–Crippen LogP) is 11.3. The Labute approximate surface area is 271 Å². The number of benzene rings is 7. The largest absolute Gasteiger partial charge is 0.456 e. The lowest BCUT2D eigenvalue weighted by Crippen LogP contribution is -2.00. The fourth-order valence-electron chi connectivity index (χ4n) is 6.46. The van der Waals surface area contributed by atoms with E-state index in [9.17, 15) is 0 Å². The third-order valence-electron chi connectivity index (χ3n) is 8.75. The Balaban J connectivity index is 1.22. The number of rotatable bonds is 5. The van der Waals surface area contributed by atoms with Gasteiger partial charge < -0.3 is 4.42 Å². The number of furan rings is 1. The van der Waals surface area contributed by atoms with Crippen molar-refractivity contribution in [2.45, 2.75) is 0 Å². The van der Waals surface area contributed by atoms with Crippen molar-refractivity contribution in [2.24, 2.45) is 0 Å². The van der Waals surface area contributed by atoms with Gasteiger partial charge in [0, 0.05) is 27.5 Å². The zero-order chi connectivity index (χ0) is 31.2. The van der Waals surface area contributed by atoms with E-state index in [1.807, 2.05) is 36.4 Å². The molecule has 0 bridgehead atoms. The van der Waals surface area contributed by atoms with Crippen LogP contribution >= 0.6 is 0 Å². The standard InChI is InChI=1S/C43H27N3O/c1-2-11-28(12-3-1)32-15-8-16-33(27-32)42-44-41(31-25-23-30(24-26-31)35-19-9-14-29-13-4-5-17-34(29)35)45-43(46-42)37-20-10-22-39-40(37)36-18-6-7-21-38(36)47-39/h1-27H. The van der Waals surface area contributed by atoms with Gasteiger partial charge in [0.1, 0.15) is 11.2 Å². The smallest absolute Gasteiger partial charge is 0.164 e. The Kier molecular flexibility index (Phi) is 6.43. The topological polar surface area (TPSA) is 51.8 Å². The van der Waals surface area contributed by atoms with E-state index in [-0.39, 0.29) is 0 Å². The molecular weight excluding hydrogens is 574 g/mol. The number of nitrogens with zero attached hydrogens (tertiary/aromatic N) is 3. The quantitative estimate of drug-likeness (QED) is 0.197. The summed E-state index contributed by atoms with van der Waals surface area (Å²) >= 11 is 0. The highest BCUT2D eigenvalue weighted by atomic mass is 16.3. The van der Waals surface area contributed by atoms with Crippen molar-refractivity contribution in [3.05, 3.63) is 164 Å². The Morgan fingerprint density at radius 2 is 0.915 bits per heavy atom. The van der Waals surface area contributed by atoms with Crippen LogP contribution in [0.1, 0.15) is 0 Å². The Morgan fingerprint density at radius 1 is 0.340 bits per heavy atom. The van der Waals surface area contributed by atoms with Crippen LogP contribution in [0.15, 0.2) is 168 Å². The molecule has 9 rings (SSSR count). The van der Waals surface area contributed by atoms with Crippen molar-refractivity contribution in [1.29, 1.82) is 0 Å². The van der Waals surface area contributed by atoms with E-state index >= 15 is 0 Å². The zero-order valence-corrected chi connectivity index (χ0v) is 25.3. The minimum absolute atomic E-state index is 0.602. The molecule has 0 saturated heterocycles. The second-order valence-electron chi connectivity index (χ2n) is 11.6. The van der Waals surface area contributed by atoms with Crippen molar-refractivity contribution in [1.82, 2.24) is 15.0 Å². The average molecular weight is 602 g/mol. The third kappa shape index (κ3) is 4.84. The second kappa shape index (κ2) is 11.2. The normalized spacial score (nSPS) is 11.4. The minimum atomic E-state index is 0.602. The lowest BCUT2D eigenvalue weighted by Gasteiger charge is -2.11. The van der Waals surface area contributed by atoms with Crippen LogP contribution in [0.25, 0.3) is 89.1 Å². The summed E-state index contributed by atoms with van der Waals surface area (Å²) in [5, 5.41) is 4.48. The van der Waals surface area contributed by atoms with E-state index in [1.54, 1.807) is 0 Å². The molecule has 7 aromatic carbocycles. The lowest BCUT2D eigenvalue weighted by atomic mass is 9.97. The van der Waals surface area contributed by atoms with Gasteiger partial charge in [0.25, 0.3) is 0 Å². The Hall–Kier alpha value is -6.39. The van der Waals surface area contributed by atoms with Crippen molar-refractivity contribution in [2.75, 3.05) is 0 Å². The summed E-state index contributed by atoms with van der Waals surface area (Å²) in [6.07, 6.45) is 0. The first-order chi connectivity index (χ1) is 23.3. The molecule has 9 aromatic rings. The van der Waals surface area contributed by atoms with Crippen LogP contribution in [0.5, 0.6) is 0 Å². The molecule has 0 spiro atoms. The number of fused-ring (bicyclic) bond motifs is 4. The molecule has 0 aliphatic carbocycles. The van der Waals surface area contributed by atoms with E-state index in [0.29, 0.717) is 17.5 Å². The molecule has 2 heterocycles. The highest BCUT2D eigenvalue weighted by molar-refractivity contribution is 6.11. The van der Waals surface area contributed by atoms with Gasteiger partial charge >= 0.3 is 0 Å². The molecule has 0 aliphatic rings. The Bertz CT molecular complexity index is 2560. The molecule has 4 nitrogen and oxygen atoms in total. The first-order valence-corrected chi connectivity index (χ1v) is 15.7. The molecule has 2 aromatic heterocycles. The SMILES string of the molecule is c1ccc(-c2cccc(-c3nc(-c4ccc(-c5cccc6ccccc56)cc4)nc(-c4cccc5oc6ccccc6c45)n3)c2)cc1. The van der Waals surface area contributed by atoms with Crippen LogP contribution in [0.3, 0.4) is 0 Å². The molecule has 0 saturated carbocycles.